The molecule has 2 aromatic rings. The van der Waals surface area contributed by atoms with Gasteiger partial charge in [0.05, 0.1) is 17.8 Å². The van der Waals surface area contributed by atoms with Crippen LogP contribution in [0.2, 0.25) is 0 Å². The second-order valence-electron chi connectivity index (χ2n) is 5.64. The second-order valence-corrected chi connectivity index (χ2v) is 5.64. The molecule has 8 nitrogen and oxygen atoms in total. The number of carbonyl (C=O) groups excluding carboxylic acids is 3. The average molecular weight is 385 g/mol. The fourth-order valence-corrected chi connectivity index (χ4v) is 2.57. The number of anilines is 1. The standard InChI is InChI=1S/C15H11F4N5O3/c16-8-2-6(1-7(3-8)15(17,18)19)14(27)23-12-9-4-21-10(25)5-24(9)13(22-12)11(20)26/h1-3H,4-5H2,(H2,20,26)(H,21,25)(H,23,27). The number of amides is 3. The van der Waals surface area contributed by atoms with Crippen molar-refractivity contribution in [2.24, 2.45) is 5.73 Å². The van der Waals surface area contributed by atoms with Crippen molar-refractivity contribution in [2.45, 2.75) is 19.3 Å². The Hall–Kier alpha value is -3.44. The number of nitrogens with zero attached hydrogens (tertiary/aromatic N) is 2. The van der Waals surface area contributed by atoms with Crippen LogP contribution in [0.25, 0.3) is 0 Å². The molecule has 3 rings (SSSR count). The van der Waals surface area contributed by atoms with Gasteiger partial charge in [-0.2, -0.15) is 13.2 Å². The highest BCUT2D eigenvalue weighted by molar-refractivity contribution is 6.04. The fourth-order valence-electron chi connectivity index (χ4n) is 2.57. The topological polar surface area (TPSA) is 119 Å². The largest absolute Gasteiger partial charge is 0.416 e. The molecule has 0 aliphatic carbocycles. The second kappa shape index (κ2) is 6.37. The Kier molecular flexibility index (Phi) is 4.33. The Bertz CT molecular complexity index is 967. The van der Waals surface area contributed by atoms with E-state index < -0.39 is 40.8 Å². The van der Waals surface area contributed by atoms with Crippen molar-refractivity contribution in [3.63, 3.8) is 0 Å². The van der Waals surface area contributed by atoms with E-state index in [1.807, 2.05) is 0 Å². The number of imidazole rings is 1. The van der Waals surface area contributed by atoms with Gasteiger partial charge in [0.15, 0.2) is 5.82 Å². The summed E-state index contributed by atoms with van der Waals surface area (Å²) >= 11 is 0. The van der Waals surface area contributed by atoms with Crippen LogP contribution < -0.4 is 16.4 Å². The molecule has 142 valence electrons. The zero-order chi connectivity index (χ0) is 19.9. The van der Waals surface area contributed by atoms with Crippen LogP contribution in [-0.2, 0) is 24.1 Å². The number of alkyl halides is 3. The Morgan fingerprint density at radius 1 is 1.26 bits per heavy atom. The monoisotopic (exact) mass is 385 g/mol. The van der Waals surface area contributed by atoms with Crippen LogP contribution in [0.5, 0.6) is 0 Å². The van der Waals surface area contributed by atoms with Gasteiger partial charge in [-0.15, -0.1) is 0 Å². The first-order chi connectivity index (χ1) is 12.6. The summed E-state index contributed by atoms with van der Waals surface area (Å²) in [7, 11) is 0. The SMILES string of the molecule is NC(=O)c1nc(NC(=O)c2cc(F)cc(C(F)(F)F)c2)c2n1CC(=O)NC2. The van der Waals surface area contributed by atoms with Gasteiger partial charge in [0.2, 0.25) is 11.7 Å². The van der Waals surface area contributed by atoms with Crippen molar-refractivity contribution >= 4 is 23.5 Å². The lowest BCUT2D eigenvalue weighted by molar-refractivity contribution is -0.137. The van der Waals surface area contributed by atoms with E-state index in [9.17, 15) is 31.9 Å². The maximum absolute atomic E-state index is 13.5. The number of nitrogens with two attached hydrogens (primary N) is 1. The van der Waals surface area contributed by atoms with E-state index in [0.29, 0.717) is 12.1 Å². The number of aromatic nitrogens is 2. The van der Waals surface area contributed by atoms with E-state index in [1.165, 1.54) is 4.57 Å². The van der Waals surface area contributed by atoms with Crippen LogP contribution in [0.3, 0.4) is 0 Å². The van der Waals surface area contributed by atoms with Crippen molar-refractivity contribution in [3.05, 3.63) is 46.7 Å². The predicted octanol–water partition coefficient (Wildman–Crippen LogP) is 1.02. The van der Waals surface area contributed by atoms with Crippen molar-refractivity contribution in [1.82, 2.24) is 14.9 Å². The number of hydrogen-bond acceptors (Lipinski definition) is 4. The molecule has 0 radical (unpaired) electrons. The summed E-state index contributed by atoms with van der Waals surface area (Å²) in [6, 6.07) is 1.37. The summed E-state index contributed by atoms with van der Waals surface area (Å²) in [5.41, 5.74) is 3.49. The predicted molar refractivity (Wildman–Crippen MR) is 81.9 cm³/mol. The van der Waals surface area contributed by atoms with Crippen LogP contribution in [-0.4, -0.2) is 27.3 Å². The van der Waals surface area contributed by atoms with Gasteiger partial charge in [-0.1, -0.05) is 0 Å². The molecule has 0 saturated heterocycles. The van der Waals surface area contributed by atoms with E-state index in [1.54, 1.807) is 0 Å². The number of rotatable bonds is 3. The molecule has 12 heteroatoms. The van der Waals surface area contributed by atoms with Gasteiger partial charge in [0, 0.05) is 5.56 Å². The summed E-state index contributed by atoms with van der Waals surface area (Å²) in [6.07, 6.45) is -4.84. The molecule has 1 aliphatic heterocycles. The van der Waals surface area contributed by atoms with Crippen LogP contribution in [0.15, 0.2) is 18.2 Å². The van der Waals surface area contributed by atoms with Gasteiger partial charge in [0.1, 0.15) is 12.4 Å². The molecular formula is C15H11F4N5O3. The first-order valence-electron chi connectivity index (χ1n) is 7.41. The van der Waals surface area contributed by atoms with Crippen LogP contribution >= 0.6 is 0 Å². The minimum atomic E-state index is -4.84. The third-order valence-corrected chi connectivity index (χ3v) is 3.77. The number of fused-ring (bicyclic) bond motifs is 1. The number of primary amides is 1. The van der Waals surface area contributed by atoms with Crippen LogP contribution in [0.4, 0.5) is 23.4 Å². The molecule has 4 N–H and O–H groups in total. The summed E-state index contributed by atoms with van der Waals surface area (Å²) in [4.78, 5) is 39.1. The van der Waals surface area contributed by atoms with E-state index in [-0.39, 0.29) is 36.5 Å². The normalized spacial score (nSPS) is 13.7. The van der Waals surface area contributed by atoms with Crippen molar-refractivity contribution in [2.75, 3.05) is 5.32 Å². The molecule has 1 aromatic carbocycles. The summed E-state index contributed by atoms with van der Waals surface area (Å²) in [6.45, 7) is -0.361. The summed E-state index contributed by atoms with van der Waals surface area (Å²) < 4.78 is 53.0. The highest BCUT2D eigenvalue weighted by Gasteiger charge is 2.32. The quantitative estimate of drug-likeness (QED) is 0.684. The van der Waals surface area contributed by atoms with Gasteiger partial charge in [-0.05, 0) is 18.2 Å². The van der Waals surface area contributed by atoms with E-state index in [4.69, 9.17) is 5.73 Å². The van der Waals surface area contributed by atoms with Gasteiger partial charge in [0.25, 0.3) is 11.8 Å². The van der Waals surface area contributed by atoms with Crippen LogP contribution in [0, 0.1) is 5.82 Å². The minimum absolute atomic E-state index is 0.0916. The maximum atomic E-state index is 13.5. The lowest BCUT2D eigenvalue weighted by Gasteiger charge is -2.17. The molecule has 0 bridgehead atoms. The number of hydrogen-bond donors (Lipinski definition) is 3. The first-order valence-corrected chi connectivity index (χ1v) is 7.41. The highest BCUT2D eigenvalue weighted by Crippen LogP contribution is 2.30. The minimum Gasteiger partial charge on any atom is -0.363 e. The average Bonchev–Trinajstić information content (AvgIpc) is 2.91. The molecular weight excluding hydrogens is 374 g/mol. The summed E-state index contributed by atoms with van der Waals surface area (Å²) in [5, 5.41) is 4.69. The Balaban J connectivity index is 1.96. The molecule has 0 saturated carbocycles. The fraction of sp³-hybridized carbons (Fsp3) is 0.200. The molecule has 0 fully saturated rings. The zero-order valence-electron chi connectivity index (χ0n) is 13.4. The number of benzene rings is 1. The van der Waals surface area contributed by atoms with Crippen LogP contribution in [0.1, 0.15) is 32.2 Å². The highest BCUT2D eigenvalue weighted by atomic mass is 19.4. The third kappa shape index (κ3) is 3.59. The number of carbonyl (C=O) groups is 3. The molecule has 0 atom stereocenters. The lowest BCUT2D eigenvalue weighted by atomic mass is 10.1. The molecule has 0 spiro atoms. The first kappa shape index (κ1) is 18.4. The Morgan fingerprint density at radius 2 is 1.96 bits per heavy atom. The number of nitrogens with one attached hydrogen (secondary N) is 2. The van der Waals surface area contributed by atoms with Gasteiger partial charge < -0.3 is 20.9 Å². The number of halogens is 4. The van der Waals surface area contributed by atoms with E-state index in [2.05, 4.69) is 15.6 Å². The van der Waals surface area contributed by atoms with Crippen molar-refractivity contribution in [3.8, 4) is 0 Å². The van der Waals surface area contributed by atoms with Crippen molar-refractivity contribution in [1.29, 1.82) is 0 Å². The van der Waals surface area contributed by atoms with Gasteiger partial charge in [-0.25, -0.2) is 9.37 Å². The Labute approximate surface area is 148 Å². The van der Waals surface area contributed by atoms with E-state index >= 15 is 0 Å². The zero-order valence-corrected chi connectivity index (χ0v) is 13.4. The maximum Gasteiger partial charge on any atom is 0.416 e. The lowest BCUT2D eigenvalue weighted by Crippen LogP contribution is -2.36. The third-order valence-electron chi connectivity index (χ3n) is 3.77. The smallest absolute Gasteiger partial charge is 0.363 e. The molecule has 3 amide bonds. The molecule has 0 unspecified atom stereocenters. The van der Waals surface area contributed by atoms with Crippen molar-refractivity contribution < 1.29 is 31.9 Å². The molecule has 1 aromatic heterocycles. The molecule has 27 heavy (non-hydrogen) atoms. The Morgan fingerprint density at radius 3 is 2.59 bits per heavy atom. The molecule has 1 aliphatic rings. The molecule has 2 heterocycles. The van der Waals surface area contributed by atoms with Gasteiger partial charge >= 0.3 is 6.18 Å². The van der Waals surface area contributed by atoms with Gasteiger partial charge in [-0.3, -0.25) is 14.4 Å². The van der Waals surface area contributed by atoms with E-state index in [0.717, 1.165) is 0 Å². The summed E-state index contributed by atoms with van der Waals surface area (Å²) in [5.74, 6) is -4.17.